The van der Waals surface area contributed by atoms with E-state index in [-0.39, 0.29) is 24.2 Å². The van der Waals surface area contributed by atoms with E-state index in [9.17, 15) is 9.90 Å². The van der Waals surface area contributed by atoms with Gasteiger partial charge in [-0.2, -0.15) is 0 Å². The molecule has 0 spiro atoms. The Kier molecular flexibility index (Phi) is 7.94. The van der Waals surface area contributed by atoms with Gasteiger partial charge in [-0.25, -0.2) is 0 Å². The predicted molar refractivity (Wildman–Crippen MR) is 134 cm³/mol. The number of hydrogen-bond acceptors (Lipinski definition) is 4. The molecule has 3 aliphatic heterocycles. The molecule has 0 saturated carbocycles. The summed E-state index contributed by atoms with van der Waals surface area (Å²) in [4.78, 5) is 13.2. The van der Waals surface area contributed by atoms with E-state index in [1.165, 1.54) is 11.6 Å². The Morgan fingerprint density at radius 1 is 1.17 bits per heavy atom. The largest absolute Gasteiger partial charge is 1.00 e. The molecule has 3 fully saturated rings. The van der Waals surface area contributed by atoms with Crippen LogP contribution in [0.3, 0.4) is 0 Å². The number of amides is 1. The second kappa shape index (κ2) is 11.0. The minimum Gasteiger partial charge on any atom is -1.00 e. The molecule has 3 aliphatic rings. The number of halogens is 1. The van der Waals surface area contributed by atoms with Crippen molar-refractivity contribution in [1.82, 2.24) is 5.32 Å². The zero-order valence-electron chi connectivity index (χ0n) is 20.6. The van der Waals surface area contributed by atoms with Crippen LogP contribution < -0.4 is 22.5 Å². The molecule has 0 radical (unpaired) electrons. The Morgan fingerprint density at radius 2 is 1.94 bits per heavy atom. The third-order valence-corrected chi connectivity index (χ3v) is 7.71. The summed E-state index contributed by atoms with van der Waals surface area (Å²) >= 11 is 0. The van der Waals surface area contributed by atoms with E-state index < -0.39 is 11.5 Å². The SMILES string of the molecule is CC#CC(O)(C(=O)N[C@H]1C[N+]2(CCCOc3cccc4ccccc34)CCC1CC2)c1ccco1.[Cl-]. The number of hydrogen-bond donors (Lipinski definition) is 2. The van der Waals surface area contributed by atoms with Crippen LogP contribution in [0.1, 0.15) is 31.9 Å². The van der Waals surface area contributed by atoms with Crippen LogP contribution in [0.5, 0.6) is 5.75 Å². The van der Waals surface area contributed by atoms with Gasteiger partial charge in [0.15, 0.2) is 5.76 Å². The average molecular weight is 509 g/mol. The number of aliphatic hydroxyl groups is 1. The molecule has 2 bridgehead atoms. The first-order valence-electron chi connectivity index (χ1n) is 12.5. The van der Waals surface area contributed by atoms with Crippen molar-refractivity contribution in [1.29, 1.82) is 0 Å². The van der Waals surface area contributed by atoms with E-state index in [1.54, 1.807) is 19.1 Å². The molecule has 0 aliphatic carbocycles. The van der Waals surface area contributed by atoms with Gasteiger partial charge >= 0.3 is 0 Å². The number of carbonyl (C=O) groups excluding carboxylic acids is 1. The molecule has 36 heavy (non-hydrogen) atoms. The van der Waals surface area contributed by atoms with Gasteiger partial charge in [0.25, 0.3) is 11.5 Å². The first-order valence-corrected chi connectivity index (χ1v) is 12.5. The van der Waals surface area contributed by atoms with Crippen LogP contribution in [0.25, 0.3) is 10.8 Å². The molecule has 1 amide bonds. The van der Waals surface area contributed by atoms with Crippen molar-refractivity contribution < 1.29 is 35.9 Å². The molecule has 6 nitrogen and oxygen atoms in total. The van der Waals surface area contributed by atoms with Crippen molar-refractivity contribution in [3.63, 3.8) is 0 Å². The van der Waals surface area contributed by atoms with Crippen molar-refractivity contribution in [3.8, 4) is 17.6 Å². The normalized spacial score (nSPS) is 24.2. The number of nitrogens with one attached hydrogen (secondary N) is 1. The zero-order valence-corrected chi connectivity index (χ0v) is 21.3. The van der Waals surface area contributed by atoms with Crippen LogP contribution in [-0.2, 0) is 10.4 Å². The Bertz CT molecular complexity index is 1240. The fourth-order valence-corrected chi connectivity index (χ4v) is 5.84. The second-order valence-corrected chi connectivity index (χ2v) is 9.85. The van der Waals surface area contributed by atoms with Gasteiger partial charge in [-0.05, 0) is 36.4 Å². The quantitative estimate of drug-likeness (QED) is 0.269. The van der Waals surface area contributed by atoms with Gasteiger partial charge in [-0.1, -0.05) is 42.3 Å². The highest BCUT2D eigenvalue weighted by Crippen LogP contribution is 2.35. The minimum absolute atomic E-state index is 0. The lowest BCUT2D eigenvalue weighted by Gasteiger charge is -2.53. The number of quaternary nitrogens is 1. The van der Waals surface area contributed by atoms with E-state index in [0.29, 0.717) is 12.5 Å². The Hall–Kier alpha value is -2.98. The van der Waals surface area contributed by atoms with E-state index >= 15 is 0 Å². The number of fused-ring (bicyclic) bond motifs is 4. The average Bonchev–Trinajstić information content (AvgIpc) is 3.43. The van der Waals surface area contributed by atoms with Crippen LogP contribution in [0.4, 0.5) is 0 Å². The summed E-state index contributed by atoms with van der Waals surface area (Å²) in [5.41, 5.74) is -1.97. The molecule has 2 aromatic carbocycles. The fourth-order valence-electron chi connectivity index (χ4n) is 5.84. The topological polar surface area (TPSA) is 71.7 Å². The maximum absolute atomic E-state index is 13.2. The van der Waals surface area contributed by atoms with E-state index in [4.69, 9.17) is 9.15 Å². The molecular weight excluding hydrogens is 476 g/mol. The lowest BCUT2D eigenvalue weighted by Crippen LogP contribution is -3.00. The molecule has 6 rings (SSSR count). The summed E-state index contributed by atoms with van der Waals surface area (Å²) in [6, 6.07) is 17.7. The smallest absolute Gasteiger partial charge is 0.273 e. The second-order valence-electron chi connectivity index (χ2n) is 9.85. The molecule has 3 saturated heterocycles. The summed E-state index contributed by atoms with van der Waals surface area (Å²) in [6.07, 6.45) is 4.55. The molecule has 7 heteroatoms. The monoisotopic (exact) mass is 508 g/mol. The van der Waals surface area contributed by atoms with Gasteiger partial charge in [0.1, 0.15) is 5.75 Å². The lowest BCUT2D eigenvalue weighted by atomic mass is 9.81. The highest BCUT2D eigenvalue weighted by Gasteiger charge is 2.48. The molecule has 4 heterocycles. The summed E-state index contributed by atoms with van der Waals surface area (Å²) in [5.74, 6) is 6.34. The van der Waals surface area contributed by atoms with Crippen molar-refractivity contribution >= 4 is 16.7 Å². The van der Waals surface area contributed by atoms with Gasteiger partial charge in [-0.15, -0.1) is 5.92 Å². The Labute approximate surface area is 218 Å². The first kappa shape index (κ1) is 26.1. The predicted octanol–water partition coefficient (Wildman–Crippen LogP) is 0.842. The summed E-state index contributed by atoms with van der Waals surface area (Å²) in [6.45, 7) is 6.42. The van der Waals surface area contributed by atoms with Crippen molar-refractivity contribution in [3.05, 3.63) is 66.6 Å². The van der Waals surface area contributed by atoms with Crippen molar-refractivity contribution in [2.75, 3.05) is 32.8 Å². The molecule has 2 atom stereocenters. The van der Waals surface area contributed by atoms with Gasteiger partial charge in [0, 0.05) is 24.6 Å². The molecule has 190 valence electrons. The number of furan rings is 1. The fraction of sp³-hybridized carbons (Fsp3) is 0.414. The van der Waals surface area contributed by atoms with Crippen LogP contribution in [0, 0.1) is 17.8 Å². The number of nitrogens with zero attached hydrogens (tertiary/aromatic N) is 1. The summed E-state index contributed by atoms with van der Waals surface area (Å²) in [5, 5.41) is 16.5. The summed E-state index contributed by atoms with van der Waals surface area (Å²) in [7, 11) is 0. The number of benzene rings is 2. The van der Waals surface area contributed by atoms with Crippen LogP contribution >= 0.6 is 0 Å². The highest BCUT2D eigenvalue weighted by atomic mass is 35.5. The Balaban J connectivity index is 0.00000304. The van der Waals surface area contributed by atoms with Crippen LogP contribution in [0.2, 0.25) is 0 Å². The maximum atomic E-state index is 13.2. The number of piperidine rings is 3. The van der Waals surface area contributed by atoms with Crippen molar-refractivity contribution in [2.45, 2.75) is 37.8 Å². The number of rotatable bonds is 8. The zero-order chi connectivity index (χ0) is 24.3. The van der Waals surface area contributed by atoms with Gasteiger partial charge in [0.05, 0.1) is 45.1 Å². The lowest BCUT2D eigenvalue weighted by molar-refractivity contribution is -0.944. The molecule has 2 N–H and O–H groups in total. The van der Waals surface area contributed by atoms with E-state index in [0.717, 1.165) is 61.1 Å². The minimum atomic E-state index is -1.97. The molecule has 1 aromatic heterocycles. The van der Waals surface area contributed by atoms with E-state index in [2.05, 4.69) is 35.4 Å². The first-order chi connectivity index (χ1) is 17.0. The van der Waals surface area contributed by atoms with Crippen LogP contribution in [-0.4, -0.2) is 54.3 Å². The van der Waals surface area contributed by atoms with E-state index in [1.807, 2.05) is 24.3 Å². The summed E-state index contributed by atoms with van der Waals surface area (Å²) < 4.78 is 12.5. The van der Waals surface area contributed by atoms with Crippen LogP contribution in [0.15, 0.2) is 65.3 Å². The van der Waals surface area contributed by atoms with Gasteiger partial charge in [0.2, 0.25) is 0 Å². The standard InChI is InChI=1S/C29H32N2O4.ClH/c1-2-15-29(33,27-12-6-19-35-27)28(32)30-25-21-31(17-13-23(25)14-18-31)16-7-20-34-26-11-5-9-22-8-3-4-10-24(22)26;/h3-6,8-12,19,23,25,33H,7,13-14,16-18,20-21H2,1H3;1H/t23?,25-,29?,31?;/m0./s1. The van der Waals surface area contributed by atoms with Gasteiger partial charge in [-0.3, -0.25) is 4.79 Å². The maximum Gasteiger partial charge on any atom is 0.273 e. The third-order valence-electron chi connectivity index (χ3n) is 7.71. The van der Waals surface area contributed by atoms with Gasteiger partial charge < -0.3 is 36.5 Å². The molecule has 3 aromatic rings. The number of ether oxygens (including phenoxy) is 1. The highest BCUT2D eigenvalue weighted by molar-refractivity contribution is 5.89. The van der Waals surface area contributed by atoms with Crippen molar-refractivity contribution in [2.24, 2.45) is 5.92 Å². The number of carbonyl (C=O) groups is 1. The third kappa shape index (κ3) is 5.10. The Morgan fingerprint density at radius 3 is 2.69 bits per heavy atom. The molecule has 1 unspecified atom stereocenters. The molecular formula is C29H33ClN2O4.